The molecule has 0 heterocycles. The van der Waals surface area contributed by atoms with Crippen molar-refractivity contribution in [1.82, 2.24) is 0 Å². The molecule has 0 aliphatic carbocycles. The van der Waals surface area contributed by atoms with E-state index in [2.05, 4.69) is 5.32 Å². The van der Waals surface area contributed by atoms with Crippen LogP contribution >= 0.6 is 11.8 Å². The van der Waals surface area contributed by atoms with Crippen molar-refractivity contribution in [3.8, 4) is 0 Å². The van der Waals surface area contributed by atoms with Gasteiger partial charge in [0.05, 0.1) is 18.8 Å². The molecule has 1 aromatic rings. The molecule has 0 saturated heterocycles. The van der Waals surface area contributed by atoms with Crippen LogP contribution in [0.3, 0.4) is 0 Å². The summed E-state index contributed by atoms with van der Waals surface area (Å²) < 4.78 is 5.12. The SMILES string of the molecule is CCOCCC(=O)Nc1cccc(CSCC(=O)O)c1. The molecule has 1 rings (SSSR count). The molecule has 1 amide bonds. The van der Waals surface area contributed by atoms with Gasteiger partial charge in [-0.3, -0.25) is 9.59 Å². The molecule has 0 saturated carbocycles. The average molecular weight is 297 g/mol. The number of amides is 1. The third kappa shape index (κ3) is 7.16. The van der Waals surface area contributed by atoms with Gasteiger partial charge in [0.25, 0.3) is 0 Å². The van der Waals surface area contributed by atoms with E-state index in [1.54, 1.807) is 0 Å². The fourth-order valence-electron chi connectivity index (χ4n) is 1.53. The summed E-state index contributed by atoms with van der Waals surface area (Å²) in [7, 11) is 0. The van der Waals surface area contributed by atoms with Gasteiger partial charge in [-0.05, 0) is 24.6 Å². The summed E-state index contributed by atoms with van der Waals surface area (Å²) >= 11 is 1.33. The van der Waals surface area contributed by atoms with E-state index in [1.807, 2.05) is 31.2 Å². The van der Waals surface area contributed by atoms with Crippen LogP contribution in [0.1, 0.15) is 18.9 Å². The first kappa shape index (κ1) is 16.5. The van der Waals surface area contributed by atoms with Crippen molar-refractivity contribution in [1.29, 1.82) is 0 Å². The number of nitrogens with one attached hydrogen (secondary N) is 1. The molecule has 0 unspecified atom stereocenters. The van der Waals surface area contributed by atoms with Gasteiger partial charge in [-0.15, -0.1) is 11.8 Å². The van der Waals surface area contributed by atoms with E-state index in [0.29, 0.717) is 25.4 Å². The standard InChI is InChI=1S/C14H19NO4S/c1-2-19-7-6-13(16)15-12-5-3-4-11(8-12)9-20-10-14(17)18/h3-5,8H,2,6-7,9-10H2,1H3,(H,15,16)(H,17,18). The Kier molecular flexibility index (Phi) is 7.75. The van der Waals surface area contributed by atoms with E-state index < -0.39 is 5.97 Å². The third-order valence-electron chi connectivity index (χ3n) is 2.38. The molecule has 0 aliphatic heterocycles. The minimum absolute atomic E-state index is 0.0743. The summed E-state index contributed by atoms with van der Waals surface area (Å²) in [5.41, 5.74) is 1.71. The van der Waals surface area contributed by atoms with Crippen molar-refractivity contribution in [2.45, 2.75) is 19.1 Å². The summed E-state index contributed by atoms with van der Waals surface area (Å²) in [5.74, 6) is -0.232. The molecule has 0 fully saturated rings. The van der Waals surface area contributed by atoms with Gasteiger partial charge in [0.1, 0.15) is 0 Å². The van der Waals surface area contributed by atoms with Crippen molar-refractivity contribution < 1.29 is 19.4 Å². The Morgan fingerprint density at radius 2 is 2.20 bits per heavy atom. The number of hydrogen-bond donors (Lipinski definition) is 2. The number of hydrogen-bond acceptors (Lipinski definition) is 4. The summed E-state index contributed by atoms with van der Waals surface area (Å²) in [6.45, 7) is 2.90. The lowest BCUT2D eigenvalue weighted by molar-refractivity contribution is -0.133. The molecule has 1 aromatic carbocycles. The maximum absolute atomic E-state index is 11.6. The first-order valence-corrected chi connectivity index (χ1v) is 7.53. The molecular formula is C14H19NO4S. The highest BCUT2D eigenvalue weighted by Crippen LogP contribution is 2.16. The summed E-state index contributed by atoms with van der Waals surface area (Å²) in [5, 5.41) is 11.4. The van der Waals surface area contributed by atoms with Crippen LogP contribution in [-0.4, -0.2) is 35.9 Å². The van der Waals surface area contributed by atoms with E-state index in [-0.39, 0.29) is 11.7 Å². The molecule has 0 aliphatic rings. The number of rotatable bonds is 9. The molecule has 6 heteroatoms. The van der Waals surface area contributed by atoms with Crippen LogP contribution in [0.4, 0.5) is 5.69 Å². The molecule has 0 bridgehead atoms. The number of benzene rings is 1. The predicted molar refractivity (Wildman–Crippen MR) is 80.0 cm³/mol. The maximum Gasteiger partial charge on any atom is 0.313 e. The molecule has 0 atom stereocenters. The van der Waals surface area contributed by atoms with Crippen LogP contribution in [-0.2, 0) is 20.1 Å². The van der Waals surface area contributed by atoms with Crippen LogP contribution in [0.2, 0.25) is 0 Å². The Hall–Kier alpha value is -1.53. The van der Waals surface area contributed by atoms with E-state index in [0.717, 1.165) is 11.3 Å². The number of ether oxygens (including phenoxy) is 1. The molecule has 0 spiro atoms. The Balaban J connectivity index is 2.42. The highest BCUT2D eigenvalue weighted by molar-refractivity contribution is 7.99. The van der Waals surface area contributed by atoms with Crippen LogP contribution < -0.4 is 5.32 Å². The third-order valence-corrected chi connectivity index (χ3v) is 3.37. The summed E-state index contributed by atoms with van der Waals surface area (Å²) in [6, 6.07) is 7.41. The van der Waals surface area contributed by atoms with Crippen LogP contribution in [0.15, 0.2) is 24.3 Å². The van der Waals surface area contributed by atoms with Crippen LogP contribution in [0.5, 0.6) is 0 Å². The van der Waals surface area contributed by atoms with E-state index in [1.165, 1.54) is 11.8 Å². The molecule has 2 N–H and O–H groups in total. The first-order chi connectivity index (χ1) is 9.61. The topological polar surface area (TPSA) is 75.6 Å². The molecule has 5 nitrogen and oxygen atoms in total. The van der Waals surface area contributed by atoms with Gasteiger partial charge in [0.2, 0.25) is 5.91 Å². The first-order valence-electron chi connectivity index (χ1n) is 6.38. The highest BCUT2D eigenvalue weighted by Gasteiger charge is 2.04. The average Bonchev–Trinajstić information content (AvgIpc) is 2.39. The van der Waals surface area contributed by atoms with E-state index in [4.69, 9.17) is 9.84 Å². The number of carbonyl (C=O) groups excluding carboxylic acids is 1. The van der Waals surface area contributed by atoms with Gasteiger partial charge in [-0.25, -0.2) is 0 Å². The zero-order chi connectivity index (χ0) is 14.8. The predicted octanol–water partition coefficient (Wildman–Crippen LogP) is 2.37. The minimum Gasteiger partial charge on any atom is -0.481 e. The number of carboxylic acids is 1. The number of thioether (sulfide) groups is 1. The van der Waals surface area contributed by atoms with Gasteiger partial charge in [0.15, 0.2) is 0 Å². The fourth-order valence-corrected chi connectivity index (χ4v) is 2.22. The minimum atomic E-state index is -0.824. The maximum atomic E-state index is 11.6. The Labute approximate surface area is 122 Å². The molecule has 110 valence electrons. The van der Waals surface area contributed by atoms with Crippen LogP contribution in [0.25, 0.3) is 0 Å². The van der Waals surface area contributed by atoms with Crippen molar-refractivity contribution >= 4 is 29.3 Å². The van der Waals surface area contributed by atoms with Gasteiger partial charge in [0, 0.05) is 18.0 Å². The van der Waals surface area contributed by atoms with Crippen LogP contribution in [0, 0.1) is 0 Å². The lowest BCUT2D eigenvalue weighted by Crippen LogP contribution is -2.14. The smallest absolute Gasteiger partial charge is 0.313 e. The normalized spacial score (nSPS) is 10.2. The van der Waals surface area contributed by atoms with Gasteiger partial charge in [-0.1, -0.05) is 12.1 Å². The second-order valence-electron chi connectivity index (χ2n) is 4.08. The van der Waals surface area contributed by atoms with Gasteiger partial charge < -0.3 is 15.2 Å². The number of carboxylic acid groups (broad SMARTS) is 1. The second kappa shape index (κ2) is 9.39. The lowest BCUT2D eigenvalue weighted by atomic mass is 10.2. The second-order valence-corrected chi connectivity index (χ2v) is 5.07. The van der Waals surface area contributed by atoms with E-state index in [9.17, 15) is 9.59 Å². The fraction of sp³-hybridized carbons (Fsp3) is 0.429. The summed E-state index contributed by atoms with van der Waals surface area (Å²) in [4.78, 5) is 22.1. The van der Waals surface area contributed by atoms with Crippen molar-refractivity contribution in [2.24, 2.45) is 0 Å². The number of carbonyl (C=O) groups is 2. The number of aliphatic carboxylic acids is 1. The number of anilines is 1. The Morgan fingerprint density at radius 3 is 2.90 bits per heavy atom. The molecule has 0 radical (unpaired) electrons. The molecule has 0 aromatic heterocycles. The monoisotopic (exact) mass is 297 g/mol. The van der Waals surface area contributed by atoms with Crippen molar-refractivity contribution in [2.75, 3.05) is 24.3 Å². The zero-order valence-corrected chi connectivity index (χ0v) is 12.2. The van der Waals surface area contributed by atoms with Gasteiger partial charge in [-0.2, -0.15) is 0 Å². The molecular weight excluding hydrogens is 278 g/mol. The molecule has 20 heavy (non-hydrogen) atoms. The summed E-state index contributed by atoms with van der Waals surface area (Å²) in [6.07, 6.45) is 0.325. The largest absolute Gasteiger partial charge is 0.481 e. The van der Waals surface area contributed by atoms with Crippen molar-refractivity contribution in [3.05, 3.63) is 29.8 Å². The highest BCUT2D eigenvalue weighted by atomic mass is 32.2. The Morgan fingerprint density at radius 1 is 1.40 bits per heavy atom. The van der Waals surface area contributed by atoms with Gasteiger partial charge >= 0.3 is 5.97 Å². The Bertz CT molecular complexity index is 451. The zero-order valence-electron chi connectivity index (χ0n) is 11.4. The quantitative estimate of drug-likeness (QED) is 0.684. The van der Waals surface area contributed by atoms with Crippen molar-refractivity contribution in [3.63, 3.8) is 0 Å². The van der Waals surface area contributed by atoms with E-state index >= 15 is 0 Å². The lowest BCUT2D eigenvalue weighted by Gasteiger charge is -2.07.